The molecule has 4 N–H and O–H groups in total. The lowest BCUT2D eigenvalue weighted by Gasteiger charge is -2.32. The van der Waals surface area contributed by atoms with Crippen molar-refractivity contribution in [1.82, 2.24) is 0 Å². The second kappa shape index (κ2) is 16.6. The summed E-state index contributed by atoms with van der Waals surface area (Å²) >= 11 is 0. The maximum Gasteiger partial charge on any atom is 0.142 e. The highest BCUT2D eigenvalue weighted by atomic mass is 16.3. The molecule has 1 atom stereocenters. The molecular formula is C51H50N2O. The summed E-state index contributed by atoms with van der Waals surface area (Å²) in [5.74, 6) is 1.87. The van der Waals surface area contributed by atoms with Crippen LogP contribution in [0.15, 0.2) is 156 Å². The molecule has 2 aliphatic carbocycles. The molecular weight excluding hydrogens is 657 g/mol. The summed E-state index contributed by atoms with van der Waals surface area (Å²) in [6.07, 6.45) is 17.9. The average Bonchev–Trinajstić information content (AvgIpc) is 3.79. The predicted octanol–water partition coefficient (Wildman–Crippen LogP) is 12.3. The minimum absolute atomic E-state index is 0.526. The lowest BCUT2D eigenvalue weighted by Crippen LogP contribution is -2.26. The van der Waals surface area contributed by atoms with Gasteiger partial charge in [0.1, 0.15) is 11.5 Å². The zero-order chi connectivity index (χ0) is 38.2. The third-order valence-corrected chi connectivity index (χ3v) is 10.5. The van der Waals surface area contributed by atoms with E-state index in [9.17, 15) is 0 Å². The van der Waals surface area contributed by atoms with Crippen molar-refractivity contribution in [3.05, 3.63) is 213 Å². The van der Waals surface area contributed by atoms with Crippen LogP contribution in [0.3, 0.4) is 0 Å². The number of allylic oxidation sites excluding steroid dienone is 6. The zero-order valence-electron chi connectivity index (χ0n) is 32.2. The zero-order valence-corrected chi connectivity index (χ0v) is 32.2. The van der Waals surface area contributed by atoms with E-state index in [1.807, 2.05) is 36.4 Å². The second-order valence-corrected chi connectivity index (χ2v) is 13.6. The molecule has 0 bridgehead atoms. The Bertz CT molecular complexity index is 2420. The molecule has 1 aromatic heterocycles. The van der Waals surface area contributed by atoms with E-state index in [1.165, 1.54) is 56.3 Å². The van der Waals surface area contributed by atoms with Crippen LogP contribution in [0.1, 0.15) is 95.7 Å². The number of benzene rings is 4. The SMILES string of the molecule is C=Cc1c(C2=C(C)C3(c4ccccc42)c2cc(CC=C=C=CN)ccc2-c2ccc(C(/C=C\N)=C/C)cc23)oc(CC)c1/C=C\CC.Cc1ccccc1. The highest BCUT2D eigenvalue weighted by Gasteiger charge is 2.52. The van der Waals surface area contributed by atoms with Crippen LogP contribution in [0.4, 0.5) is 0 Å². The number of hydrogen-bond acceptors (Lipinski definition) is 3. The van der Waals surface area contributed by atoms with Crippen LogP contribution in [0.25, 0.3) is 34.4 Å². The summed E-state index contributed by atoms with van der Waals surface area (Å²) in [5.41, 5.74) is 33.5. The predicted molar refractivity (Wildman–Crippen MR) is 230 cm³/mol. The van der Waals surface area contributed by atoms with Crippen molar-refractivity contribution < 1.29 is 4.42 Å². The quantitative estimate of drug-likeness (QED) is 0.118. The minimum atomic E-state index is -0.526. The molecule has 0 fully saturated rings. The Morgan fingerprint density at radius 1 is 0.815 bits per heavy atom. The normalized spacial score (nSPS) is 15.4. The molecule has 3 heteroatoms. The van der Waals surface area contributed by atoms with E-state index in [4.69, 9.17) is 15.9 Å². The van der Waals surface area contributed by atoms with Gasteiger partial charge in [-0.25, -0.2) is 0 Å². The molecule has 3 nitrogen and oxygen atoms in total. The summed E-state index contributed by atoms with van der Waals surface area (Å²) in [4.78, 5) is 0. The largest absolute Gasteiger partial charge is 0.460 e. The summed E-state index contributed by atoms with van der Waals surface area (Å²) in [6, 6.07) is 32.8. The molecule has 4 aromatic carbocycles. The van der Waals surface area contributed by atoms with E-state index in [0.717, 1.165) is 58.6 Å². The van der Waals surface area contributed by atoms with Crippen molar-refractivity contribution in [1.29, 1.82) is 0 Å². The van der Waals surface area contributed by atoms with Crippen molar-refractivity contribution in [3.63, 3.8) is 0 Å². The highest BCUT2D eigenvalue weighted by molar-refractivity contribution is 5.99. The number of fused-ring (bicyclic) bond motifs is 7. The Morgan fingerprint density at radius 2 is 1.54 bits per heavy atom. The average molecular weight is 707 g/mol. The Labute approximate surface area is 321 Å². The van der Waals surface area contributed by atoms with Gasteiger partial charge in [-0.15, -0.1) is 0 Å². The topological polar surface area (TPSA) is 65.2 Å². The fraction of sp³-hybridized carbons (Fsp3) is 0.176. The van der Waals surface area contributed by atoms with Crippen LogP contribution in [-0.4, -0.2) is 0 Å². The molecule has 0 aliphatic heterocycles. The number of furan rings is 1. The molecule has 0 radical (unpaired) electrons. The lowest BCUT2D eigenvalue weighted by atomic mass is 9.69. The molecule has 5 aromatic rings. The molecule has 2 aliphatic rings. The minimum Gasteiger partial charge on any atom is -0.460 e. The lowest BCUT2D eigenvalue weighted by molar-refractivity contribution is 0.503. The van der Waals surface area contributed by atoms with Crippen LogP contribution in [0.2, 0.25) is 0 Å². The van der Waals surface area contributed by atoms with Gasteiger partial charge in [0.25, 0.3) is 0 Å². The van der Waals surface area contributed by atoms with Gasteiger partial charge < -0.3 is 15.9 Å². The van der Waals surface area contributed by atoms with Crippen molar-refractivity contribution in [2.75, 3.05) is 0 Å². The molecule has 54 heavy (non-hydrogen) atoms. The van der Waals surface area contributed by atoms with E-state index in [1.54, 1.807) is 6.20 Å². The van der Waals surface area contributed by atoms with E-state index in [0.29, 0.717) is 0 Å². The molecule has 7 rings (SSSR count). The Kier molecular flexibility index (Phi) is 11.5. The van der Waals surface area contributed by atoms with Crippen molar-refractivity contribution in [3.8, 4) is 11.1 Å². The van der Waals surface area contributed by atoms with Gasteiger partial charge in [0.05, 0.1) is 5.41 Å². The van der Waals surface area contributed by atoms with E-state index in [2.05, 4.69) is 144 Å². The third-order valence-electron chi connectivity index (χ3n) is 10.5. The van der Waals surface area contributed by atoms with Crippen molar-refractivity contribution in [2.45, 2.75) is 59.3 Å². The first kappa shape index (κ1) is 37.5. The molecule has 0 amide bonds. The van der Waals surface area contributed by atoms with Crippen LogP contribution in [0, 0.1) is 6.92 Å². The fourth-order valence-electron chi connectivity index (χ4n) is 8.13. The van der Waals surface area contributed by atoms with Crippen LogP contribution < -0.4 is 11.5 Å². The first-order chi connectivity index (χ1) is 26.4. The summed E-state index contributed by atoms with van der Waals surface area (Å²) < 4.78 is 6.84. The fourth-order valence-corrected chi connectivity index (χ4v) is 8.13. The van der Waals surface area contributed by atoms with Crippen LogP contribution >= 0.6 is 0 Å². The Hall–Kier alpha value is -6.24. The van der Waals surface area contributed by atoms with E-state index >= 15 is 0 Å². The first-order valence-electron chi connectivity index (χ1n) is 18.9. The van der Waals surface area contributed by atoms with Crippen LogP contribution in [0.5, 0.6) is 0 Å². The van der Waals surface area contributed by atoms with Gasteiger partial charge in [-0.05, 0) is 114 Å². The molecule has 0 saturated heterocycles. The molecule has 270 valence electrons. The second-order valence-electron chi connectivity index (χ2n) is 13.6. The highest BCUT2D eigenvalue weighted by Crippen LogP contribution is 2.63. The van der Waals surface area contributed by atoms with E-state index in [-0.39, 0.29) is 0 Å². The van der Waals surface area contributed by atoms with Gasteiger partial charge in [0, 0.05) is 29.3 Å². The molecule has 1 spiro atoms. The number of nitrogens with two attached hydrogens (primary N) is 2. The molecule has 1 unspecified atom stereocenters. The van der Waals surface area contributed by atoms with Crippen molar-refractivity contribution in [2.24, 2.45) is 11.5 Å². The third kappa shape index (κ3) is 6.61. The summed E-state index contributed by atoms with van der Waals surface area (Å²) in [7, 11) is 0. The maximum absolute atomic E-state index is 6.84. The van der Waals surface area contributed by atoms with Gasteiger partial charge >= 0.3 is 0 Å². The smallest absolute Gasteiger partial charge is 0.142 e. The Balaban J connectivity index is 0.000000639. The summed E-state index contributed by atoms with van der Waals surface area (Å²) in [6.45, 7) is 15.0. The van der Waals surface area contributed by atoms with Gasteiger partial charge in [0.2, 0.25) is 0 Å². The van der Waals surface area contributed by atoms with Gasteiger partial charge in [-0.3, -0.25) is 0 Å². The first-order valence-corrected chi connectivity index (χ1v) is 18.9. The Morgan fingerprint density at radius 3 is 2.19 bits per heavy atom. The van der Waals surface area contributed by atoms with Crippen molar-refractivity contribution >= 4 is 23.3 Å². The monoisotopic (exact) mass is 706 g/mol. The molecule has 0 saturated carbocycles. The number of rotatable bonds is 9. The van der Waals surface area contributed by atoms with E-state index < -0.39 is 5.41 Å². The standard InChI is InChI=1S/C44H42N2O.C7H8/c1-6-10-17-36-33(8-3)43(47-41(36)9-4)42-29(5)44(38-19-14-13-18-37(38)42)39-27-30(16-12-11-15-25-45)20-22-34(39)35-23-21-32(28-40(35)44)31(7-2)24-26-46;1-7-5-3-2-4-6-7/h7-8,10,12-14,17-28H,3,6,9,16,45-46H2,1-2,4-5H3;2-6H,1H3/b17-10-,25-12?,26-24-,31-7+;. The molecule has 1 heterocycles. The van der Waals surface area contributed by atoms with Gasteiger partial charge in [-0.1, -0.05) is 147 Å². The number of hydrogen-bond donors (Lipinski definition) is 2. The maximum atomic E-state index is 6.84. The van der Waals surface area contributed by atoms with Gasteiger partial charge in [-0.2, -0.15) is 0 Å². The van der Waals surface area contributed by atoms with Crippen LogP contribution in [-0.2, 0) is 18.3 Å². The van der Waals surface area contributed by atoms with Gasteiger partial charge in [0.15, 0.2) is 0 Å². The number of aryl methyl sites for hydroxylation is 2. The summed E-state index contributed by atoms with van der Waals surface area (Å²) in [5, 5.41) is 0.